The number of carbonyl (C=O) groups is 1. The Morgan fingerprint density at radius 2 is 2.13 bits per heavy atom. The van der Waals surface area contributed by atoms with E-state index in [-0.39, 0.29) is 5.75 Å². The summed E-state index contributed by atoms with van der Waals surface area (Å²) < 4.78 is 35.2. The largest absolute Gasteiger partial charge is 0.479 e. The lowest BCUT2D eigenvalue weighted by molar-refractivity contribution is -0.142. The Kier molecular flexibility index (Phi) is 4.02. The van der Waals surface area contributed by atoms with Gasteiger partial charge in [-0.05, 0) is 12.1 Å². The number of halogens is 3. The van der Waals surface area contributed by atoms with Gasteiger partial charge in [-0.15, -0.1) is 0 Å². The summed E-state index contributed by atoms with van der Waals surface area (Å²) in [4.78, 5) is 10.7. The van der Waals surface area contributed by atoms with Crippen LogP contribution in [-0.2, 0) is 9.53 Å². The van der Waals surface area contributed by atoms with E-state index in [1.54, 1.807) is 0 Å². The average Bonchev–Trinajstić information content (AvgIpc) is 2.20. The van der Waals surface area contributed by atoms with Crippen molar-refractivity contribution in [1.82, 2.24) is 0 Å². The Bertz CT molecular complexity index is 382. The van der Waals surface area contributed by atoms with Gasteiger partial charge < -0.3 is 9.47 Å². The van der Waals surface area contributed by atoms with Crippen LogP contribution in [0.5, 0.6) is 5.75 Å². The van der Waals surface area contributed by atoms with Crippen molar-refractivity contribution in [3.8, 4) is 5.75 Å². The maximum absolute atomic E-state index is 13.1. The third-order valence-corrected chi connectivity index (χ3v) is 1.99. The van der Waals surface area contributed by atoms with Gasteiger partial charge in [-0.3, -0.25) is 0 Å². The Morgan fingerprint density at radius 3 is 2.73 bits per heavy atom. The summed E-state index contributed by atoms with van der Waals surface area (Å²) in [7, 11) is 1.17. The second kappa shape index (κ2) is 5.06. The van der Waals surface area contributed by atoms with E-state index in [0.29, 0.717) is 4.47 Å². The molecule has 0 radical (unpaired) electrons. The highest BCUT2D eigenvalue weighted by Gasteiger charge is 2.12. The first-order valence-corrected chi connectivity index (χ1v) is 4.68. The molecule has 3 nitrogen and oxygen atoms in total. The summed E-state index contributed by atoms with van der Waals surface area (Å²) in [5.41, 5.74) is 0. The minimum atomic E-state index is -1.14. The molecule has 0 amide bonds. The van der Waals surface area contributed by atoms with Gasteiger partial charge in [-0.1, -0.05) is 15.9 Å². The molecule has 6 heteroatoms. The van der Waals surface area contributed by atoms with Crippen LogP contribution in [0, 0.1) is 11.6 Å². The lowest BCUT2D eigenvalue weighted by Gasteiger charge is -2.06. The Morgan fingerprint density at radius 1 is 1.47 bits per heavy atom. The van der Waals surface area contributed by atoms with Gasteiger partial charge >= 0.3 is 5.97 Å². The van der Waals surface area contributed by atoms with E-state index >= 15 is 0 Å². The topological polar surface area (TPSA) is 35.5 Å². The number of benzene rings is 1. The van der Waals surface area contributed by atoms with Crippen LogP contribution in [0.3, 0.4) is 0 Å². The normalized spacial score (nSPS) is 9.87. The molecular weight excluding hydrogens is 274 g/mol. The van der Waals surface area contributed by atoms with Gasteiger partial charge in [0, 0.05) is 4.47 Å². The van der Waals surface area contributed by atoms with Crippen LogP contribution in [0.25, 0.3) is 0 Å². The number of rotatable bonds is 3. The van der Waals surface area contributed by atoms with Gasteiger partial charge in [-0.2, -0.15) is 4.39 Å². The Hall–Kier alpha value is -1.17. The van der Waals surface area contributed by atoms with Crippen LogP contribution >= 0.6 is 15.9 Å². The first-order valence-electron chi connectivity index (χ1n) is 3.88. The first kappa shape index (κ1) is 11.9. The molecule has 0 N–H and O–H groups in total. The molecule has 0 saturated heterocycles. The van der Waals surface area contributed by atoms with Crippen LogP contribution in [0.2, 0.25) is 0 Å². The lowest BCUT2D eigenvalue weighted by Crippen LogP contribution is -2.13. The van der Waals surface area contributed by atoms with E-state index in [2.05, 4.69) is 20.7 Å². The number of methoxy groups -OCH3 is 1. The molecule has 0 atom stereocenters. The predicted octanol–water partition coefficient (Wildman–Crippen LogP) is 2.28. The van der Waals surface area contributed by atoms with Crippen LogP contribution in [0.15, 0.2) is 16.6 Å². The van der Waals surface area contributed by atoms with Crippen LogP contribution < -0.4 is 4.74 Å². The quantitative estimate of drug-likeness (QED) is 0.630. The summed E-state index contributed by atoms with van der Waals surface area (Å²) in [6.45, 7) is -0.469. The van der Waals surface area contributed by atoms with E-state index < -0.39 is 24.2 Å². The van der Waals surface area contributed by atoms with Crippen molar-refractivity contribution in [3.05, 3.63) is 28.2 Å². The number of hydrogen-bond acceptors (Lipinski definition) is 3. The second-order valence-electron chi connectivity index (χ2n) is 2.56. The molecule has 0 aliphatic carbocycles. The van der Waals surface area contributed by atoms with Crippen molar-refractivity contribution >= 4 is 21.9 Å². The SMILES string of the molecule is COC(=O)COc1cc(Br)cc(F)c1F. The Balaban J connectivity index is 2.81. The van der Waals surface area contributed by atoms with Crippen molar-refractivity contribution in [2.45, 2.75) is 0 Å². The molecule has 1 rings (SSSR count). The van der Waals surface area contributed by atoms with Crippen molar-refractivity contribution in [3.63, 3.8) is 0 Å². The average molecular weight is 281 g/mol. The highest BCUT2D eigenvalue weighted by Crippen LogP contribution is 2.25. The molecule has 0 fully saturated rings. The fourth-order valence-electron chi connectivity index (χ4n) is 0.833. The van der Waals surface area contributed by atoms with E-state index in [1.807, 2.05) is 0 Å². The zero-order valence-electron chi connectivity index (χ0n) is 7.72. The third-order valence-electron chi connectivity index (χ3n) is 1.53. The molecule has 0 aromatic heterocycles. The lowest BCUT2D eigenvalue weighted by atomic mass is 10.3. The van der Waals surface area contributed by atoms with E-state index in [1.165, 1.54) is 13.2 Å². The van der Waals surface area contributed by atoms with Gasteiger partial charge in [-0.25, -0.2) is 9.18 Å². The van der Waals surface area contributed by atoms with E-state index in [9.17, 15) is 13.6 Å². The number of hydrogen-bond donors (Lipinski definition) is 0. The third kappa shape index (κ3) is 3.16. The summed E-state index contributed by atoms with van der Waals surface area (Å²) in [5.74, 6) is -3.20. The van der Waals surface area contributed by atoms with Crippen molar-refractivity contribution in [1.29, 1.82) is 0 Å². The van der Waals surface area contributed by atoms with Crippen LogP contribution in [0.1, 0.15) is 0 Å². The number of carbonyl (C=O) groups excluding carboxylic acids is 1. The maximum atomic E-state index is 13.1. The molecule has 1 aromatic carbocycles. The summed E-state index contributed by atoms with van der Waals surface area (Å²) >= 11 is 2.97. The molecule has 1 aromatic rings. The Labute approximate surface area is 93.1 Å². The molecule has 0 saturated carbocycles. The fourth-order valence-corrected chi connectivity index (χ4v) is 1.24. The molecular formula is C9H7BrF2O3. The molecule has 15 heavy (non-hydrogen) atoms. The van der Waals surface area contributed by atoms with E-state index in [4.69, 9.17) is 4.74 Å². The first-order chi connectivity index (χ1) is 7.04. The molecule has 0 bridgehead atoms. The van der Waals surface area contributed by atoms with Gasteiger partial charge in [0.1, 0.15) is 0 Å². The smallest absolute Gasteiger partial charge is 0.343 e. The zero-order valence-corrected chi connectivity index (χ0v) is 9.31. The summed E-state index contributed by atoms with van der Waals surface area (Å²) in [6, 6.07) is 2.18. The molecule has 0 heterocycles. The molecule has 0 aliphatic heterocycles. The van der Waals surface area contributed by atoms with Gasteiger partial charge in [0.25, 0.3) is 0 Å². The van der Waals surface area contributed by atoms with Crippen molar-refractivity contribution in [2.75, 3.05) is 13.7 Å². The standard InChI is InChI=1S/C9H7BrF2O3/c1-14-8(13)4-15-7-3-5(10)2-6(11)9(7)12/h2-3H,4H2,1H3. The molecule has 0 aliphatic rings. The molecule has 0 spiro atoms. The minimum Gasteiger partial charge on any atom is -0.479 e. The fraction of sp³-hybridized carbons (Fsp3) is 0.222. The predicted molar refractivity (Wildman–Crippen MR) is 51.6 cm³/mol. The van der Waals surface area contributed by atoms with Crippen LogP contribution in [0.4, 0.5) is 8.78 Å². The van der Waals surface area contributed by atoms with Crippen LogP contribution in [-0.4, -0.2) is 19.7 Å². The highest BCUT2D eigenvalue weighted by atomic mass is 79.9. The monoisotopic (exact) mass is 280 g/mol. The van der Waals surface area contributed by atoms with Crippen molar-refractivity contribution < 1.29 is 23.0 Å². The molecule has 0 unspecified atom stereocenters. The summed E-state index contributed by atoms with van der Waals surface area (Å²) in [5, 5.41) is 0. The maximum Gasteiger partial charge on any atom is 0.343 e. The van der Waals surface area contributed by atoms with Gasteiger partial charge in [0.05, 0.1) is 7.11 Å². The van der Waals surface area contributed by atoms with Crippen molar-refractivity contribution in [2.24, 2.45) is 0 Å². The number of ether oxygens (including phenoxy) is 2. The van der Waals surface area contributed by atoms with E-state index in [0.717, 1.165) is 6.07 Å². The minimum absolute atomic E-state index is 0.321. The molecule has 82 valence electrons. The highest BCUT2D eigenvalue weighted by molar-refractivity contribution is 9.10. The number of esters is 1. The van der Waals surface area contributed by atoms with Gasteiger partial charge in [0.15, 0.2) is 18.2 Å². The van der Waals surface area contributed by atoms with Gasteiger partial charge in [0.2, 0.25) is 5.82 Å². The second-order valence-corrected chi connectivity index (χ2v) is 3.48. The summed E-state index contributed by atoms with van der Waals surface area (Å²) in [6.07, 6.45) is 0. The zero-order chi connectivity index (χ0) is 11.4.